The topological polar surface area (TPSA) is 28.2 Å². The van der Waals surface area contributed by atoms with Crippen molar-refractivity contribution >= 4 is 5.82 Å². The number of nitrogens with zero attached hydrogens (tertiary/aromatic N) is 2. The Morgan fingerprint density at radius 2 is 2.28 bits per heavy atom. The molecule has 1 saturated heterocycles. The molecular formula is C15H25N3. The minimum absolute atomic E-state index is 0.482. The van der Waals surface area contributed by atoms with Crippen molar-refractivity contribution < 1.29 is 0 Å². The van der Waals surface area contributed by atoms with Gasteiger partial charge >= 0.3 is 0 Å². The maximum Gasteiger partial charge on any atom is 0.126 e. The molecule has 0 atom stereocenters. The Hall–Kier alpha value is -1.09. The number of hydrogen-bond acceptors (Lipinski definition) is 3. The Morgan fingerprint density at radius 1 is 1.44 bits per heavy atom. The van der Waals surface area contributed by atoms with Crippen molar-refractivity contribution in [3.63, 3.8) is 0 Å². The predicted octanol–water partition coefficient (Wildman–Crippen LogP) is 3.14. The van der Waals surface area contributed by atoms with Crippen LogP contribution >= 0.6 is 0 Å². The molecule has 1 aliphatic rings. The van der Waals surface area contributed by atoms with Gasteiger partial charge in [-0.1, -0.05) is 20.8 Å². The van der Waals surface area contributed by atoms with E-state index in [-0.39, 0.29) is 0 Å². The number of hydrogen-bond donors (Lipinski definition) is 1. The normalized spacial score (nSPS) is 19.1. The summed E-state index contributed by atoms with van der Waals surface area (Å²) in [4.78, 5) is 6.89. The third kappa shape index (κ3) is 3.70. The van der Waals surface area contributed by atoms with Crippen LogP contribution in [-0.4, -0.2) is 29.5 Å². The van der Waals surface area contributed by atoms with Gasteiger partial charge in [0.25, 0.3) is 0 Å². The average Bonchev–Trinajstić information content (AvgIpc) is 2.66. The summed E-state index contributed by atoms with van der Waals surface area (Å²) in [6, 6.07) is 4.31. The van der Waals surface area contributed by atoms with Gasteiger partial charge in [0.1, 0.15) is 5.82 Å². The standard InChI is InChI=1S/C15H25N3/c1-4-7-16-14-10-13(5-8-17-14)11-18-9-6-15(2,3)12-18/h5,8,10H,4,6-7,9,11-12H2,1-3H3,(H,16,17). The van der Waals surface area contributed by atoms with Crippen LogP contribution in [0.2, 0.25) is 0 Å². The highest BCUT2D eigenvalue weighted by molar-refractivity contribution is 5.37. The highest BCUT2D eigenvalue weighted by atomic mass is 15.2. The second-order valence-electron chi connectivity index (χ2n) is 6.10. The van der Waals surface area contributed by atoms with Crippen LogP contribution in [0.1, 0.15) is 39.2 Å². The summed E-state index contributed by atoms with van der Waals surface area (Å²) >= 11 is 0. The number of pyridine rings is 1. The maximum atomic E-state index is 4.35. The number of anilines is 1. The zero-order chi connectivity index (χ0) is 13.0. The van der Waals surface area contributed by atoms with Gasteiger partial charge in [-0.2, -0.15) is 0 Å². The molecule has 3 heteroatoms. The molecule has 3 nitrogen and oxygen atoms in total. The van der Waals surface area contributed by atoms with Crippen molar-refractivity contribution in [2.45, 2.75) is 40.2 Å². The molecule has 0 unspecified atom stereocenters. The molecule has 1 aromatic rings. The number of aromatic nitrogens is 1. The quantitative estimate of drug-likeness (QED) is 0.866. The molecule has 18 heavy (non-hydrogen) atoms. The lowest BCUT2D eigenvalue weighted by atomic mass is 9.93. The third-order valence-electron chi connectivity index (χ3n) is 3.54. The molecule has 0 spiro atoms. The fraction of sp³-hybridized carbons (Fsp3) is 0.667. The van der Waals surface area contributed by atoms with Crippen molar-refractivity contribution in [3.05, 3.63) is 23.9 Å². The van der Waals surface area contributed by atoms with E-state index in [9.17, 15) is 0 Å². The molecule has 0 aliphatic carbocycles. The van der Waals surface area contributed by atoms with Crippen LogP contribution in [0.3, 0.4) is 0 Å². The van der Waals surface area contributed by atoms with Crippen molar-refractivity contribution in [2.75, 3.05) is 25.0 Å². The molecule has 0 radical (unpaired) electrons. The summed E-state index contributed by atoms with van der Waals surface area (Å²) in [7, 11) is 0. The Bertz CT molecular complexity index is 387. The largest absolute Gasteiger partial charge is 0.370 e. The molecular weight excluding hydrogens is 222 g/mol. The minimum atomic E-state index is 0.482. The van der Waals surface area contributed by atoms with E-state index in [0.29, 0.717) is 5.41 Å². The number of likely N-dealkylation sites (tertiary alicyclic amines) is 1. The van der Waals surface area contributed by atoms with Crippen LogP contribution in [0.4, 0.5) is 5.82 Å². The first-order valence-corrected chi connectivity index (χ1v) is 7.00. The van der Waals surface area contributed by atoms with E-state index >= 15 is 0 Å². The summed E-state index contributed by atoms with van der Waals surface area (Å²) in [6.45, 7) is 11.3. The molecule has 1 aromatic heterocycles. The van der Waals surface area contributed by atoms with E-state index in [2.05, 4.69) is 48.1 Å². The van der Waals surface area contributed by atoms with Gasteiger partial charge in [-0.05, 0) is 42.5 Å². The third-order valence-corrected chi connectivity index (χ3v) is 3.54. The van der Waals surface area contributed by atoms with Crippen LogP contribution < -0.4 is 5.32 Å². The molecule has 0 saturated carbocycles. The van der Waals surface area contributed by atoms with Gasteiger partial charge in [0.2, 0.25) is 0 Å². The molecule has 0 bridgehead atoms. The molecule has 2 rings (SSSR count). The van der Waals surface area contributed by atoms with E-state index in [1.165, 1.54) is 25.1 Å². The lowest BCUT2D eigenvalue weighted by Crippen LogP contribution is -2.22. The van der Waals surface area contributed by atoms with Gasteiger partial charge in [0.15, 0.2) is 0 Å². The first-order valence-electron chi connectivity index (χ1n) is 7.00. The number of nitrogens with one attached hydrogen (secondary N) is 1. The molecule has 0 amide bonds. The van der Waals surface area contributed by atoms with Crippen LogP contribution in [0.5, 0.6) is 0 Å². The minimum Gasteiger partial charge on any atom is -0.370 e. The molecule has 1 fully saturated rings. The van der Waals surface area contributed by atoms with Crippen LogP contribution in [-0.2, 0) is 6.54 Å². The lowest BCUT2D eigenvalue weighted by molar-refractivity contribution is 0.284. The van der Waals surface area contributed by atoms with Gasteiger partial charge in [-0.3, -0.25) is 4.90 Å². The molecule has 2 heterocycles. The maximum absolute atomic E-state index is 4.35. The van der Waals surface area contributed by atoms with E-state index in [4.69, 9.17) is 0 Å². The zero-order valence-electron chi connectivity index (χ0n) is 11.9. The molecule has 1 aliphatic heterocycles. The summed E-state index contributed by atoms with van der Waals surface area (Å²) in [6.07, 6.45) is 4.35. The van der Waals surface area contributed by atoms with Crippen molar-refractivity contribution in [1.29, 1.82) is 0 Å². The van der Waals surface area contributed by atoms with Gasteiger partial charge in [0, 0.05) is 25.8 Å². The SMILES string of the molecule is CCCNc1cc(CN2CCC(C)(C)C2)ccn1. The highest BCUT2D eigenvalue weighted by Gasteiger charge is 2.28. The van der Waals surface area contributed by atoms with Crippen LogP contribution in [0.25, 0.3) is 0 Å². The Labute approximate surface area is 111 Å². The first-order chi connectivity index (χ1) is 8.59. The van der Waals surface area contributed by atoms with Crippen molar-refractivity contribution in [2.24, 2.45) is 5.41 Å². The summed E-state index contributed by atoms with van der Waals surface area (Å²) < 4.78 is 0. The fourth-order valence-electron chi connectivity index (χ4n) is 2.54. The number of rotatable bonds is 5. The molecule has 0 aromatic carbocycles. The van der Waals surface area contributed by atoms with Crippen molar-refractivity contribution in [1.82, 2.24) is 9.88 Å². The fourth-order valence-corrected chi connectivity index (χ4v) is 2.54. The monoisotopic (exact) mass is 247 g/mol. The van der Waals surface area contributed by atoms with E-state index in [1.807, 2.05) is 6.20 Å². The Morgan fingerprint density at radius 3 is 2.94 bits per heavy atom. The Balaban J connectivity index is 1.93. The second kappa shape index (κ2) is 5.70. The van der Waals surface area contributed by atoms with E-state index in [1.54, 1.807) is 0 Å². The smallest absolute Gasteiger partial charge is 0.126 e. The van der Waals surface area contributed by atoms with Gasteiger partial charge < -0.3 is 5.32 Å². The lowest BCUT2D eigenvalue weighted by Gasteiger charge is -2.19. The highest BCUT2D eigenvalue weighted by Crippen LogP contribution is 2.29. The zero-order valence-corrected chi connectivity index (χ0v) is 11.9. The van der Waals surface area contributed by atoms with Gasteiger partial charge in [-0.15, -0.1) is 0 Å². The summed E-state index contributed by atoms with van der Waals surface area (Å²) in [5.74, 6) is 1.01. The Kier molecular flexibility index (Phi) is 4.23. The summed E-state index contributed by atoms with van der Waals surface area (Å²) in [5, 5.41) is 3.35. The molecule has 100 valence electrons. The van der Waals surface area contributed by atoms with Gasteiger partial charge in [-0.25, -0.2) is 4.98 Å². The predicted molar refractivity (Wildman–Crippen MR) is 76.7 cm³/mol. The van der Waals surface area contributed by atoms with Gasteiger partial charge in [0.05, 0.1) is 0 Å². The van der Waals surface area contributed by atoms with E-state index in [0.717, 1.165) is 25.3 Å². The van der Waals surface area contributed by atoms with Crippen molar-refractivity contribution in [3.8, 4) is 0 Å². The van der Waals surface area contributed by atoms with Crippen LogP contribution in [0.15, 0.2) is 18.3 Å². The first kappa shape index (κ1) is 13.3. The second-order valence-corrected chi connectivity index (χ2v) is 6.10. The molecule has 1 N–H and O–H groups in total. The average molecular weight is 247 g/mol. The summed E-state index contributed by atoms with van der Waals surface area (Å²) in [5.41, 5.74) is 1.84. The van der Waals surface area contributed by atoms with Crippen LogP contribution in [0, 0.1) is 5.41 Å². The van der Waals surface area contributed by atoms with E-state index < -0.39 is 0 Å².